The Bertz CT molecular complexity index is 135. The van der Waals surface area contributed by atoms with Gasteiger partial charge in [0, 0.05) is 19.1 Å². The molecule has 0 aromatic heterocycles. The van der Waals surface area contributed by atoms with E-state index in [2.05, 4.69) is 36.3 Å². The molecule has 0 amide bonds. The first-order valence-corrected chi connectivity index (χ1v) is 5.75. The smallest absolute Gasteiger partial charge is 0.0104 e. The van der Waals surface area contributed by atoms with Crippen LogP contribution in [0.1, 0.15) is 19.3 Å². The molecule has 0 radical (unpaired) electrons. The molecular weight excluding hydrogens is 174 g/mol. The monoisotopic (exact) mass is 199 g/mol. The molecule has 3 nitrogen and oxygen atoms in total. The number of rotatable bonds is 8. The van der Waals surface area contributed by atoms with Gasteiger partial charge in [-0.15, -0.1) is 0 Å². The van der Waals surface area contributed by atoms with E-state index in [4.69, 9.17) is 0 Å². The van der Waals surface area contributed by atoms with Crippen LogP contribution >= 0.6 is 0 Å². The van der Waals surface area contributed by atoms with E-state index in [-0.39, 0.29) is 0 Å². The second-order valence-corrected chi connectivity index (χ2v) is 4.69. The topological polar surface area (TPSA) is 18.5 Å². The fourth-order valence-electron chi connectivity index (χ4n) is 1.52. The van der Waals surface area contributed by atoms with Crippen LogP contribution in [0.5, 0.6) is 0 Å². The molecule has 0 aliphatic heterocycles. The summed E-state index contributed by atoms with van der Waals surface area (Å²) in [5.41, 5.74) is 0. The maximum absolute atomic E-state index is 3.53. The van der Waals surface area contributed by atoms with E-state index in [9.17, 15) is 0 Å². The highest BCUT2D eigenvalue weighted by Crippen LogP contribution is 2.17. The molecule has 84 valence electrons. The van der Waals surface area contributed by atoms with Gasteiger partial charge in [0.25, 0.3) is 0 Å². The zero-order chi connectivity index (χ0) is 10.4. The minimum atomic E-state index is 0.852. The third-order valence-corrected chi connectivity index (χ3v) is 2.65. The number of hydrogen-bond donors (Lipinski definition) is 1. The van der Waals surface area contributed by atoms with Crippen molar-refractivity contribution < 1.29 is 0 Å². The largest absolute Gasteiger partial charge is 0.313 e. The fraction of sp³-hybridized carbons (Fsp3) is 1.00. The Hall–Kier alpha value is -0.120. The third-order valence-electron chi connectivity index (χ3n) is 2.65. The molecule has 0 heterocycles. The molecular formula is C11H25N3. The van der Waals surface area contributed by atoms with Crippen molar-refractivity contribution >= 4 is 0 Å². The summed E-state index contributed by atoms with van der Waals surface area (Å²) in [7, 11) is 6.48. The summed E-state index contributed by atoms with van der Waals surface area (Å²) in [4.78, 5) is 4.66. The minimum Gasteiger partial charge on any atom is -0.313 e. The van der Waals surface area contributed by atoms with Crippen molar-refractivity contribution in [2.24, 2.45) is 0 Å². The lowest BCUT2D eigenvalue weighted by Crippen LogP contribution is -2.32. The van der Waals surface area contributed by atoms with Gasteiger partial charge in [-0.2, -0.15) is 0 Å². The van der Waals surface area contributed by atoms with Crippen LogP contribution in [0.25, 0.3) is 0 Å². The van der Waals surface area contributed by atoms with Gasteiger partial charge in [-0.05, 0) is 53.5 Å². The highest BCUT2D eigenvalue weighted by molar-refractivity contribution is 4.80. The Balaban J connectivity index is 1.84. The molecule has 1 N–H and O–H groups in total. The molecule has 0 unspecified atom stereocenters. The van der Waals surface area contributed by atoms with Crippen LogP contribution < -0.4 is 5.32 Å². The van der Waals surface area contributed by atoms with Gasteiger partial charge in [0.2, 0.25) is 0 Å². The summed E-state index contributed by atoms with van der Waals surface area (Å²) in [5, 5.41) is 3.53. The molecule has 1 fully saturated rings. The van der Waals surface area contributed by atoms with E-state index in [0.717, 1.165) is 12.6 Å². The van der Waals surface area contributed by atoms with Gasteiger partial charge >= 0.3 is 0 Å². The second kappa shape index (κ2) is 6.38. The zero-order valence-corrected chi connectivity index (χ0v) is 9.92. The van der Waals surface area contributed by atoms with Crippen LogP contribution in [0, 0.1) is 0 Å². The Kier molecular flexibility index (Phi) is 5.45. The van der Waals surface area contributed by atoms with Crippen molar-refractivity contribution in [3.8, 4) is 0 Å². The average Bonchev–Trinajstić information content (AvgIpc) is 2.87. The summed E-state index contributed by atoms with van der Waals surface area (Å²) in [6.45, 7) is 4.75. The second-order valence-electron chi connectivity index (χ2n) is 4.69. The van der Waals surface area contributed by atoms with Gasteiger partial charge in [0.05, 0.1) is 0 Å². The molecule has 1 aliphatic rings. The summed E-state index contributed by atoms with van der Waals surface area (Å²) >= 11 is 0. The van der Waals surface area contributed by atoms with Crippen molar-refractivity contribution in [2.75, 3.05) is 47.3 Å². The molecule has 0 aromatic rings. The van der Waals surface area contributed by atoms with E-state index in [0.29, 0.717) is 0 Å². The summed E-state index contributed by atoms with van der Waals surface area (Å²) in [5.74, 6) is 0. The molecule has 1 saturated carbocycles. The van der Waals surface area contributed by atoms with E-state index in [1.807, 2.05) is 0 Å². The summed E-state index contributed by atoms with van der Waals surface area (Å²) in [6.07, 6.45) is 4.06. The molecule has 0 saturated heterocycles. The Morgan fingerprint density at radius 3 is 2.36 bits per heavy atom. The number of hydrogen-bond acceptors (Lipinski definition) is 3. The highest BCUT2D eigenvalue weighted by Gasteiger charge is 2.19. The number of likely N-dealkylation sites (N-methyl/N-ethyl adjacent to an activating group) is 1. The first-order valence-electron chi connectivity index (χ1n) is 5.75. The number of nitrogens with zero attached hydrogens (tertiary/aromatic N) is 2. The van der Waals surface area contributed by atoms with Crippen LogP contribution in [-0.4, -0.2) is 63.2 Å². The molecule has 0 atom stereocenters. The van der Waals surface area contributed by atoms with E-state index in [1.54, 1.807) is 0 Å². The molecule has 1 rings (SSSR count). The molecule has 1 aliphatic carbocycles. The van der Waals surface area contributed by atoms with Crippen LogP contribution in [0.4, 0.5) is 0 Å². The lowest BCUT2D eigenvalue weighted by molar-refractivity contribution is 0.299. The van der Waals surface area contributed by atoms with Gasteiger partial charge in [-0.1, -0.05) is 0 Å². The molecule has 0 spiro atoms. The van der Waals surface area contributed by atoms with Crippen LogP contribution in [0.15, 0.2) is 0 Å². The van der Waals surface area contributed by atoms with Crippen LogP contribution in [0.3, 0.4) is 0 Å². The standard InChI is InChI=1S/C11H25N3/c1-13(2)8-4-9-14(3)10-7-12-11-5-6-11/h11-12H,4-10H2,1-3H3. The maximum atomic E-state index is 3.53. The van der Waals surface area contributed by atoms with Gasteiger partial charge < -0.3 is 15.1 Å². The third kappa shape index (κ3) is 6.35. The van der Waals surface area contributed by atoms with Gasteiger partial charge in [0.1, 0.15) is 0 Å². The predicted molar refractivity (Wildman–Crippen MR) is 61.7 cm³/mol. The Morgan fingerprint density at radius 2 is 1.79 bits per heavy atom. The maximum Gasteiger partial charge on any atom is 0.0104 e. The molecule has 3 heteroatoms. The van der Waals surface area contributed by atoms with Gasteiger partial charge in [0.15, 0.2) is 0 Å². The average molecular weight is 199 g/mol. The van der Waals surface area contributed by atoms with Crippen molar-refractivity contribution in [3.63, 3.8) is 0 Å². The first-order chi connectivity index (χ1) is 6.68. The summed E-state index contributed by atoms with van der Waals surface area (Å²) < 4.78 is 0. The quantitative estimate of drug-likeness (QED) is 0.618. The minimum absolute atomic E-state index is 0.852. The Labute approximate surface area is 88.5 Å². The molecule has 0 bridgehead atoms. The van der Waals surface area contributed by atoms with E-state index in [1.165, 1.54) is 38.9 Å². The zero-order valence-electron chi connectivity index (χ0n) is 9.92. The molecule has 14 heavy (non-hydrogen) atoms. The Morgan fingerprint density at radius 1 is 1.07 bits per heavy atom. The van der Waals surface area contributed by atoms with Crippen molar-refractivity contribution in [3.05, 3.63) is 0 Å². The fourth-order valence-corrected chi connectivity index (χ4v) is 1.52. The lowest BCUT2D eigenvalue weighted by atomic mass is 10.3. The van der Waals surface area contributed by atoms with E-state index >= 15 is 0 Å². The highest BCUT2D eigenvalue weighted by atomic mass is 15.1. The van der Waals surface area contributed by atoms with E-state index < -0.39 is 0 Å². The summed E-state index contributed by atoms with van der Waals surface area (Å²) in [6, 6.07) is 0.852. The lowest BCUT2D eigenvalue weighted by Gasteiger charge is -2.18. The number of nitrogens with one attached hydrogen (secondary N) is 1. The van der Waals surface area contributed by atoms with Gasteiger partial charge in [-0.3, -0.25) is 0 Å². The van der Waals surface area contributed by atoms with Crippen LogP contribution in [0.2, 0.25) is 0 Å². The first kappa shape index (κ1) is 12.0. The van der Waals surface area contributed by atoms with Crippen molar-refractivity contribution in [2.45, 2.75) is 25.3 Å². The predicted octanol–water partition coefficient (Wildman–Crippen LogP) is 0.622. The molecule has 0 aromatic carbocycles. The normalized spacial score (nSPS) is 16.9. The van der Waals surface area contributed by atoms with Crippen molar-refractivity contribution in [1.82, 2.24) is 15.1 Å². The van der Waals surface area contributed by atoms with Gasteiger partial charge in [-0.25, -0.2) is 0 Å². The van der Waals surface area contributed by atoms with Crippen LogP contribution in [-0.2, 0) is 0 Å². The SMILES string of the molecule is CN(C)CCCN(C)CCNC1CC1. The van der Waals surface area contributed by atoms with Crippen molar-refractivity contribution in [1.29, 1.82) is 0 Å².